The first-order valence-electron chi connectivity index (χ1n) is 5.74. The zero-order valence-electron chi connectivity index (χ0n) is 10.4. The summed E-state index contributed by atoms with van der Waals surface area (Å²) in [6.07, 6.45) is 1.62. The Bertz CT molecular complexity index is 570. The van der Waals surface area contributed by atoms with Gasteiger partial charge in [-0.05, 0) is 43.3 Å². The molecule has 98 valence electrons. The van der Waals surface area contributed by atoms with Gasteiger partial charge in [0.2, 0.25) is 0 Å². The molecule has 0 aliphatic rings. The number of nitrogens with one attached hydrogen (secondary N) is 1. The number of aryl methyl sites for hydroxylation is 1. The first-order chi connectivity index (χ1) is 9.13. The lowest BCUT2D eigenvalue weighted by Gasteiger charge is -2.07. The Morgan fingerprint density at radius 1 is 1.32 bits per heavy atom. The van der Waals surface area contributed by atoms with Gasteiger partial charge < -0.3 is 10.1 Å². The first-order valence-corrected chi connectivity index (χ1v) is 5.74. The van der Waals surface area contributed by atoms with E-state index in [0.717, 1.165) is 5.69 Å². The first kappa shape index (κ1) is 13.0. The average molecular weight is 260 g/mol. The van der Waals surface area contributed by atoms with Crippen molar-refractivity contribution >= 4 is 11.6 Å². The number of nitrogens with zero attached hydrogens (tertiary/aromatic N) is 1. The molecule has 2 rings (SSSR count). The smallest absolute Gasteiger partial charge is 0.262 e. The molecule has 0 saturated heterocycles. The van der Waals surface area contributed by atoms with Gasteiger partial charge in [-0.25, -0.2) is 4.39 Å². The number of rotatable bonds is 4. The van der Waals surface area contributed by atoms with Crippen LogP contribution in [0.2, 0.25) is 0 Å². The van der Waals surface area contributed by atoms with Crippen LogP contribution in [0, 0.1) is 12.7 Å². The molecule has 1 aromatic heterocycles. The van der Waals surface area contributed by atoms with E-state index in [1.54, 1.807) is 18.3 Å². The molecule has 1 amide bonds. The molecular formula is C14H13FN2O2. The second kappa shape index (κ2) is 5.95. The van der Waals surface area contributed by atoms with Crippen molar-refractivity contribution in [3.63, 3.8) is 0 Å². The van der Waals surface area contributed by atoms with E-state index in [0.29, 0.717) is 11.4 Å². The van der Waals surface area contributed by atoms with Crippen LogP contribution in [0.1, 0.15) is 5.69 Å². The van der Waals surface area contributed by atoms with E-state index in [9.17, 15) is 9.18 Å². The second-order valence-corrected chi connectivity index (χ2v) is 3.98. The minimum atomic E-state index is -0.343. The van der Waals surface area contributed by atoms with Crippen molar-refractivity contribution in [3.05, 3.63) is 54.1 Å². The third-order valence-corrected chi connectivity index (χ3v) is 2.36. The van der Waals surface area contributed by atoms with Crippen LogP contribution in [-0.2, 0) is 4.79 Å². The maximum Gasteiger partial charge on any atom is 0.262 e. The molecule has 0 aliphatic heterocycles. The van der Waals surface area contributed by atoms with Crippen LogP contribution in [0.4, 0.5) is 10.1 Å². The monoisotopic (exact) mass is 260 g/mol. The molecule has 1 heterocycles. The molecule has 2 aromatic rings. The molecule has 0 bridgehead atoms. The number of hydrogen-bond donors (Lipinski definition) is 1. The van der Waals surface area contributed by atoms with Crippen molar-refractivity contribution in [2.45, 2.75) is 6.92 Å². The lowest BCUT2D eigenvalue weighted by Crippen LogP contribution is -2.20. The number of carbonyl (C=O) groups excluding carboxylic acids is 1. The van der Waals surface area contributed by atoms with Gasteiger partial charge in [-0.2, -0.15) is 0 Å². The number of aromatic nitrogens is 1. The highest BCUT2D eigenvalue weighted by Gasteiger charge is 2.04. The second-order valence-electron chi connectivity index (χ2n) is 3.98. The highest BCUT2D eigenvalue weighted by atomic mass is 19.1. The number of pyridine rings is 1. The molecular weight excluding hydrogens is 247 g/mol. The maximum absolute atomic E-state index is 12.7. The minimum Gasteiger partial charge on any atom is -0.484 e. The van der Waals surface area contributed by atoms with E-state index in [1.165, 1.54) is 24.3 Å². The van der Waals surface area contributed by atoms with E-state index < -0.39 is 0 Å². The summed E-state index contributed by atoms with van der Waals surface area (Å²) in [7, 11) is 0. The predicted octanol–water partition coefficient (Wildman–Crippen LogP) is 2.55. The fourth-order valence-electron chi connectivity index (χ4n) is 1.50. The van der Waals surface area contributed by atoms with E-state index in [1.807, 2.05) is 6.92 Å². The Kier molecular flexibility index (Phi) is 4.07. The van der Waals surface area contributed by atoms with Gasteiger partial charge in [0.1, 0.15) is 11.6 Å². The van der Waals surface area contributed by atoms with Crippen molar-refractivity contribution in [2.75, 3.05) is 11.9 Å². The summed E-state index contributed by atoms with van der Waals surface area (Å²) >= 11 is 0. The van der Waals surface area contributed by atoms with Crippen molar-refractivity contribution < 1.29 is 13.9 Å². The van der Waals surface area contributed by atoms with Gasteiger partial charge in [-0.15, -0.1) is 0 Å². The Morgan fingerprint density at radius 3 is 2.74 bits per heavy atom. The lowest BCUT2D eigenvalue weighted by atomic mass is 10.3. The van der Waals surface area contributed by atoms with E-state index in [4.69, 9.17) is 4.74 Å². The van der Waals surface area contributed by atoms with E-state index >= 15 is 0 Å². The molecule has 0 unspecified atom stereocenters. The van der Waals surface area contributed by atoms with Crippen molar-refractivity contribution in [1.82, 2.24) is 4.98 Å². The van der Waals surface area contributed by atoms with Gasteiger partial charge in [0, 0.05) is 17.6 Å². The Labute approximate surface area is 110 Å². The van der Waals surface area contributed by atoms with Gasteiger partial charge in [0.25, 0.3) is 5.91 Å². The molecule has 1 aromatic carbocycles. The fourth-order valence-corrected chi connectivity index (χ4v) is 1.50. The number of carbonyl (C=O) groups is 1. The summed E-state index contributed by atoms with van der Waals surface area (Å²) in [6.45, 7) is 1.71. The minimum absolute atomic E-state index is 0.132. The van der Waals surface area contributed by atoms with Crippen LogP contribution in [0.3, 0.4) is 0 Å². The Balaban J connectivity index is 1.86. The molecule has 0 spiro atoms. The quantitative estimate of drug-likeness (QED) is 0.919. The van der Waals surface area contributed by atoms with Crippen molar-refractivity contribution in [2.24, 2.45) is 0 Å². The summed E-state index contributed by atoms with van der Waals surface area (Å²) in [6, 6.07) is 8.95. The molecule has 0 radical (unpaired) electrons. The zero-order chi connectivity index (χ0) is 13.7. The molecule has 4 nitrogen and oxygen atoms in total. The molecule has 0 aliphatic carbocycles. The third kappa shape index (κ3) is 4.06. The average Bonchev–Trinajstić information content (AvgIpc) is 2.38. The molecule has 19 heavy (non-hydrogen) atoms. The van der Waals surface area contributed by atoms with Crippen LogP contribution in [0.15, 0.2) is 42.6 Å². The number of halogens is 1. The van der Waals surface area contributed by atoms with Gasteiger partial charge >= 0.3 is 0 Å². The predicted molar refractivity (Wildman–Crippen MR) is 69.5 cm³/mol. The number of ether oxygens (including phenoxy) is 1. The van der Waals surface area contributed by atoms with E-state index in [2.05, 4.69) is 10.3 Å². The molecule has 1 N–H and O–H groups in total. The summed E-state index contributed by atoms with van der Waals surface area (Å²) in [5.74, 6) is -0.179. The van der Waals surface area contributed by atoms with Crippen LogP contribution in [-0.4, -0.2) is 17.5 Å². The largest absolute Gasteiger partial charge is 0.484 e. The number of anilines is 1. The van der Waals surface area contributed by atoms with Crippen molar-refractivity contribution in [1.29, 1.82) is 0 Å². The SMILES string of the molecule is Cc1cc(NC(=O)COc2ccc(F)cc2)ccn1. The third-order valence-electron chi connectivity index (χ3n) is 2.36. The summed E-state index contributed by atoms with van der Waals surface area (Å²) in [4.78, 5) is 15.7. The van der Waals surface area contributed by atoms with Gasteiger partial charge in [-0.1, -0.05) is 0 Å². The fraction of sp³-hybridized carbons (Fsp3) is 0.143. The zero-order valence-corrected chi connectivity index (χ0v) is 10.4. The molecule has 0 atom stereocenters. The number of hydrogen-bond acceptors (Lipinski definition) is 3. The maximum atomic E-state index is 12.7. The topological polar surface area (TPSA) is 51.2 Å². The Morgan fingerprint density at radius 2 is 2.05 bits per heavy atom. The van der Waals surface area contributed by atoms with E-state index in [-0.39, 0.29) is 18.3 Å². The normalized spacial score (nSPS) is 10.0. The Hall–Kier alpha value is -2.43. The number of amides is 1. The lowest BCUT2D eigenvalue weighted by molar-refractivity contribution is -0.118. The molecule has 5 heteroatoms. The molecule has 0 saturated carbocycles. The van der Waals surface area contributed by atoms with Crippen LogP contribution in [0.25, 0.3) is 0 Å². The summed E-state index contributed by atoms with van der Waals surface area (Å²) in [5.41, 5.74) is 1.48. The standard InChI is InChI=1S/C14H13FN2O2/c1-10-8-12(6-7-16-10)17-14(18)9-19-13-4-2-11(15)3-5-13/h2-8H,9H2,1H3,(H,16,17,18). The highest BCUT2D eigenvalue weighted by molar-refractivity contribution is 5.91. The summed E-state index contributed by atoms with van der Waals surface area (Å²) < 4.78 is 17.9. The van der Waals surface area contributed by atoms with Gasteiger partial charge in [-0.3, -0.25) is 9.78 Å². The summed E-state index contributed by atoms with van der Waals surface area (Å²) in [5, 5.41) is 2.69. The van der Waals surface area contributed by atoms with Crippen LogP contribution >= 0.6 is 0 Å². The number of benzene rings is 1. The van der Waals surface area contributed by atoms with Crippen LogP contribution in [0.5, 0.6) is 5.75 Å². The van der Waals surface area contributed by atoms with Crippen LogP contribution < -0.4 is 10.1 Å². The van der Waals surface area contributed by atoms with Gasteiger partial charge in [0.15, 0.2) is 6.61 Å². The van der Waals surface area contributed by atoms with Gasteiger partial charge in [0.05, 0.1) is 0 Å². The van der Waals surface area contributed by atoms with Crippen molar-refractivity contribution in [3.8, 4) is 5.75 Å². The highest BCUT2D eigenvalue weighted by Crippen LogP contribution is 2.11. The molecule has 0 fully saturated rings.